The van der Waals surface area contributed by atoms with Gasteiger partial charge >= 0.3 is 5.97 Å². The van der Waals surface area contributed by atoms with Gasteiger partial charge in [-0.15, -0.1) is 5.10 Å². The number of carbonyl (C=O) groups is 2. The number of esters is 1. The smallest absolute Gasteiger partial charge is 0.338 e. The first kappa shape index (κ1) is 31.4. The van der Waals surface area contributed by atoms with Crippen LogP contribution in [0.4, 0.5) is 5.69 Å². The number of aromatic nitrogens is 6. The van der Waals surface area contributed by atoms with E-state index in [-0.39, 0.29) is 18.6 Å². The van der Waals surface area contributed by atoms with Gasteiger partial charge in [-0.3, -0.25) is 9.48 Å². The molecular weight excluding hydrogens is 572 g/mol. The van der Waals surface area contributed by atoms with Crippen molar-refractivity contribution in [3.8, 4) is 5.69 Å². The summed E-state index contributed by atoms with van der Waals surface area (Å²) < 4.78 is 8.65. The van der Waals surface area contributed by atoms with Crippen molar-refractivity contribution in [2.24, 2.45) is 0 Å². The largest absolute Gasteiger partial charge is 0.456 e. The number of nitrogens with one attached hydrogen (secondary N) is 2. The van der Waals surface area contributed by atoms with Crippen LogP contribution >= 0.6 is 11.6 Å². The number of tetrazole rings is 1. The Morgan fingerprint density at radius 1 is 1.14 bits per heavy atom. The maximum atomic E-state index is 13.1. The molecule has 0 saturated carbocycles. The molecule has 4 aromatic rings. The zero-order valence-electron chi connectivity index (χ0n) is 24.5. The molecule has 0 fully saturated rings. The van der Waals surface area contributed by atoms with Crippen LogP contribution < -0.4 is 10.6 Å². The number of benzene rings is 2. The quantitative estimate of drug-likeness (QED) is 0.162. The average molecular weight is 607 g/mol. The van der Waals surface area contributed by atoms with Crippen molar-refractivity contribution >= 4 is 35.2 Å². The Morgan fingerprint density at radius 3 is 2.58 bits per heavy atom. The van der Waals surface area contributed by atoms with Crippen LogP contribution in [0.25, 0.3) is 11.8 Å². The second-order valence-corrected chi connectivity index (χ2v) is 11.3. The first-order valence-corrected chi connectivity index (χ1v) is 14.1. The number of hydrogen-bond acceptors (Lipinski definition) is 9. The highest BCUT2D eigenvalue weighted by Crippen LogP contribution is 2.20. The van der Waals surface area contributed by atoms with E-state index in [1.54, 1.807) is 53.2 Å². The third-order valence-electron chi connectivity index (χ3n) is 6.22. The lowest BCUT2D eigenvalue weighted by atomic mass is 10.1. The summed E-state index contributed by atoms with van der Waals surface area (Å²) in [6.45, 7) is 8.12. The van der Waals surface area contributed by atoms with Crippen molar-refractivity contribution in [1.29, 1.82) is 0 Å². The second-order valence-electron chi connectivity index (χ2n) is 10.9. The minimum Gasteiger partial charge on any atom is -0.456 e. The molecule has 0 aliphatic heterocycles. The zero-order chi connectivity index (χ0) is 31.0. The summed E-state index contributed by atoms with van der Waals surface area (Å²) in [4.78, 5) is 25.5. The van der Waals surface area contributed by atoms with Gasteiger partial charge in [0.2, 0.25) is 5.91 Å². The van der Waals surface area contributed by atoms with Crippen LogP contribution in [0, 0.1) is 6.92 Å². The summed E-state index contributed by atoms with van der Waals surface area (Å²) in [6, 6.07) is 13.8. The summed E-state index contributed by atoms with van der Waals surface area (Å²) in [5, 5.41) is 32.1. The van der Waals surface area contributed by atoms with Gasteiger partial charge < -0.3 is 20.5 Å². The van der Waals surface area contributed by atoms with E-state index in [1.807, 2.05) is 33.8 Å². The monoisotopic (exact) mass is 606 g/mol. The highest BCUT2D eigenvalue weighted by atomic mass is 35.5. The molecule has 226 valence electrons. The Hall–Kier alpha value is -4.55. The lowest BCUT2D eigenvalue weighted by molar-refractivity contribution is -0.117. The van der Waals surface area contributed by atoms with Crippen molar-refractivity contribution in [1.82, 2.24) is 35.3 Å². The molecule has 2 aromatic carbocycles. The molecule has 0 bridgehead atoms. The van der Waals surface area contributed by atoms with Crippen LogP contribution in [0.15, 0.2) is 60.9 Å². The number of nitrogens with zero attached hydrogens (tertiary/aromatic N) is 6. The molecule has 2 aromatic heterocycles. The van der Waals surface area contributed by atoms with Gasteiger partial charge in [0.05, 0.1) is 36.1 Å². The van der Waals surface area contributed by atoms with E-state index >= 15 is 0 Å². The van der Waals surface area contributed by atoms with Gasteiger partial charge in [-0.25, -0.2) is 4.79 Å². The van der Waals surface area contributed by atoms with E-state index in [9.17, 15) is 14.7 Å². The number of ether oxygens (including phenoxy) is 1. The van der Waals surface area contributed by atoms with Crippen LogP contribution in [-0.2, 0) is 22.5 Å². The normalized spacial score (nSPS) is 12.3. The van der Waals surface area contributed by atoms with Crippen molar-refractivity contribution in [3.05, 3.63) is 88.5 Å². The van der Waals surface area contributed by atoms with Crippen LogP contribution in [0.5, 0.6) is 0 Å². The Bertz CT molecular complexity index is 1560. The topological polar surface area (TPSA) is 149 Å². The molecule has 3 N–H and O–H groups in total. The minimum absolute atomic E-state index is 0.0239. The molecular formula is C30H35ClN8O4. The van der Waals surface area contributed by atoms with E-state index < -0.39 is 11.6 Å². The molecule has 1 amide bonds. The second kappa shape index (κ2) is 14.1. The summed E-state index contributed by atoms with van der Waals surface area (Å²) in [6.07, 6.45) is 4.98. The SMILES string of the molecule is Cc1cc(CC(CNc2ccc(C(=O)OC(C)(C)C)cc2)NC(=O)/C=C/c2cc(Cl)ccc2-n2cnnn2)nn1CCO. The first-order chi connectivity index (χ1) is 20.5. The number of aliphatic hydroxyl groups is 1. The van der Waals surface area contributed by atoms with E-state index in [2.05, 4.69) is 31.3 Å². The van der Waals surface area contributed by atoms with Crippen LogP contribution in [0.2, 0.25) is 5.02 Å². The predicted molar refractivity (Wildman–Crippen MR) is 163 cm³/mol. The molecule has 0 aliphatic carbocycles. The Morgan fingerprint density at radius 2 is 1.91 bits per heavy atom. The van der Waals surface area contributed by atoms with E-state index in [0.29, 0.717) is 41.3 Å². The standard InChI is InChI=1S/C30H35ClN8O4/c1-20-15-25(35-38(20)13-14-40)17-26(18-32-24-9-5-21(6-10-24)29(42)43-30(2,3)4)34-28(41)12-7-22-16-23(31)8-11-27(22)39-19-33-36-37-39/h5-12,15-16,19,26,32,40H,13-14,17-18H2,1-4H3,(H,34,41)/b12-7+. The number of amides is 1. The van der Waals surface area contributed by atoms with Gasteiger partial charge in [0.25, 0.3) is 0 Å². The van der Waals surface area contributed by atoms with Gasteiger partial charge in [0, 0.05) is 41.0 Å². The van der Waals surface area contributed by atoms with Crippen LogP contribution in [0.3, 0.4) is 0 Å². The molecule has 0 saturated heterocycles. The summed E-state index contributed by atoms with van der Waals surface area (Å²) in [5.74, 6) is -0.714. The van der Waals surface area contributed by atoms with Crippen LogP contribution in [0.1, 0.15) is 48.1 Å². The fourth-order valence-electron chi connectivity index (χ4n) is 4.28. The van der Waals surface area contributed by atoms with E-state index in [0.717, 1.165) is 17.1 Å². The first-order valence-electron chi connectivity index (χ1n) is 13.7. The molecule has 13 heteroatoms. The van der Waals surface area contributed by atoms with Crippen molar-refractivity contribution < 1.29 is 19.4 Å². The average Bonchev–Trinajstić information content (AvgIpc) is 3.60. The Balaban J connectivity index is 1.48. The summed E-state index contributed by atoms with van der Waals surface area (Å²) in [7, 11) is 0. The molecule has 4 rings (SSSR count). The molecule has 12 nitrogen and oxygen atoms in total. The highest BCUT2D eigenvalue weighted by Gasteiger charge is 2.18. The molecule has 0 spiro atoms. The van der Waals surface area contributed by atoms with Gasteiger partial charge in [-0.05, 0) is 92.7 Å². The fourth-order valence-corrected chi connectivity index (χ4v) is 4.46. The van der Waals surface area contributed by atoms with Crippen molar-refractivity contribution in [3.63, 3.8) is 0 Å². The molecule has 0 radical (unpaired) electrons. The van der Waals surface area contributed by atoms with Crippen LogP contribution in [-0.4, -0.2) is 71.8 Å². The van der Waals surface area contributed by atoms with Gasteiger partial charge in [0.15, 0.2) is 0 Å². The summed E-state index contributed by atoms with van der Waals surface area (Å²) >= 11 is 6.21. The highest BCUT2D eigenvalue weighted by molar-refractivity contribution is 6.30. The number of aliphatic hydroxyl groups excluding tert-OH is 1. The third kappa shape index (κ3) is 9.22. The number of halogens is 1. The number of rotatable bonds is 12. The fraction of sp³-hybridized carbons (Fsp3) is 0.333. The van der Waals surface area contributed by atoms with Crippen molar-refractivity contribution in [2.45, 2.75) is 52.3 Å². The number of anilines is 1. The number of carbonyl (C=O) groups excluding carboxylic acids is 2. The Labute approximate surface area is 254 Å². The third-order valence-corrected chi connectivity index (χ3v) is 6.45. The summed E-state index contributed by atoms with van der Waals surface area (Å²) in [5.41, 5.74) is 3.65. The van der Waals surface area contributed by atoms with Gasteiger partial charge in [-0.1, -0.05) is 11.6 Å². The van der Waals surface area contributed by atoms with Crippen molar-refractivity contribution in [2.75, 3.05) is 18.5 Å². The maximum Gasteiger partial charge on any atom is 0.338 e. The maximum absolute atomic E-state index is 13.1. The lowest BCUT2D eigenvalue weighted by Gasteiger charge is -2.20. The lowest BCUT2D eigenvalue weighted by Crippen LogP contribution is -2.40. The predicted octanol–water partition coefficient (Wildman–Crippen LogP) is 3.62. The minimum atomic E-state index is -0.585. The molecule has 1 atom stereocenters. The molecule has 2 heterocycles. The van der Waals surface area contributed by atoms with E-state index in [1.165, 1.54) is 17.1 Å². The molecule has 43 heavy (non-hydrogen) atoms. The molecule has 0 aliphatic rings. The van der Waals surface area contributed by atoms with Gasteiger partial charge in [0.1, 0.15) is 11.9 Å². The molecule has 1 unspecified atom stereocenters. The number of aryl methyl sites for hydroxylation is 1. The van der Waals surface area contributed by atoms with Gasteiger partial charge in [-0.2, -0.15) is 9.78 Å². The Kier molecular flexibility index (Phi) is 10.3. The zero-order valence-corrected chi connectivity index (χ0v) is 25.2. The number of hydrogen-bond donors (Lipinski definition) is 3. The van der Waals surface area contributed by atoms with E-state index in [4.69, 9.17) is 16.3 Å².